The number of aryl methyl sites for hydroxylation is 1. The Morgan fingerprint density at radius 3 is 2.88 bits per heavy atom. The summed E-state index contributed by atoms with van der Waals surface area (Å²) in [6.07, 6.45) is 1.82. The van der Waals surface area contributed by atoms with Crippen molar-refractivity contribution in [2.24, 2.45) is 0 Å². The van der Waals surface area contributed by atoms with E-state index in [0.717, 1.165) is 22.3 Å². The summed E-state index contributed by atoms with van der Waals surface area (Å²) in [5.41, 5.74) is 1.06. The van der Waals surface area contributed by atoms with Gasteiger partial charge >= 0.3 is 0 Å². The molecule has 1 N–H and O–H groups in total. The number of nitrogens with one attached hydrogen (secondary N) is 1. The van der Waals surface area contributed by atoms with Crippen LogP contribution < -0.4 is 5.32 Å². The zero-order valence-corrected chi connectivity index (χ0v) is 11.5. The molecule has 2 rings (SSSR count). The average Bonchev–Trinajstić information content (AvgIpc) is 2.96. The number of thiazole rings is 2. The van der Waals surface area contributed by atoms with Crippen LogP contribution >= 0.6 is 22.7 Å². The van der Waals surface area contributed by atoms with E-state index in [0.29, 0.717) is 6.61 Å². The van der Waals surface area contributed by atoms with Crippen molar-refractivity contribution in [1.82, 2.24) is 15.3 Å². The second-order valence-electron chi connectivity index (χ2n) is 3.58. The zero-order chi connectivity index (χ0) is 12.1. The highest BCUT2D eigenvalue weighted by Gasteiger charge is 2.18. The maximum Gasteiger partial charge on any atom is 0.117 e. The molecule has 92 valence electrons. The Bertz CT molecular complexity index is 441. The average molecular weight is 269 g/mol. The minimum atomic E-state index is 0.0869. The van der Waals surface area contributed by atoms with Crippen molar-refractivity contribution in [2.45, 2.75) is 13.0 Å². The predicted molar refractivity (Wildman–Crippen MR) is 70.7 cm³/mol. The lowest BCUT2D eigenvalue weighted by molar-refractivity contribution is 0.197. The predicted octanol–water partition coefficient (Wildman–Crippen LogP) is 2.23. The summed E-state index contributed by atoms with van der Waals surface area (Å²) in [6, 6.07) is 0.0869. The first-order valence-electron chi connectivity index (χ1n) is 5.35. The molecule has 17 heavy (non-hydrogen) atoms. The van der Waals surface area contributed by atoms with Crippen LogP contribution in [0.4, 0.5) is 0 Å². The lowest BCUT2D eigenvalue weighted by Gasteiger charge is -2.13. The summed E-state index contributed by atoms with van der Waals surface area (Å²) in [5.74, 6) is 0. The second-order valence-corrected chi connectivity index (χ2v) is 5.39. The molecule has 2 aromatic rings. The van der Waals surface area contributed by atoms with Gasteiger partial charge < -0.3 is 4.74 Å². The molecule has 0 saturated carbocycles. The molecule has 4 nitrogen and oxygen atoms in total. The van der Waals surface area contributed by atoms with Crippen molar-refractivity contribution in [3.63, 3.8) is 0 Å². The molecular weight excluding hydrogens is 254 g/mol. The van der Waals surface area contributed by atoms with E-state index in [4.69, 9.17) is 4.74 Å². The van der Waals surface area contributed by atoms with Crippen LogP contribution in [0.2, 0.25) is 0 Å². The molecule has 1 unspecified atom stereocenters. The van der Waals surface area contributed by atoms with E-state index in [1.165, 1.54) is 0 Å². The van der Waals surface area contributed by atoms with Gasteiger partial charge in [0.15, 0.2) is 0 Å². The molecule has 0 radical (unpaired) electrons. The van der Waals surface area contributed by atoms with Gasteiger partial charge in [-0.15, -0.1) is 22.7 Å². The van der Waals surface area contributed by atoms with E-state index in [-0.39, 0.29) is 6.04 Å². The molecule has 0 aliphatic carbocycles. The molecule has 0 bridgehead atoms. The SMILES string of the molecule is COCCNC(c1nccs1)c1nc(C)cs1. The number of hydrogen-bond donors (Lipinski definition) is 1. The second kappa shape index (κ2) is 6.20. The monoisotopic (exact) mass is 269 g/mol. The van der Waals surface area contributed by atoms with E-state index >= 15 is 0 Å². The largest absolute Gasteiger partial charge is 0.383 e. The van der Waals surface area contributed by atoms with Crippen LogP contribution in [0, 0.1) is 6.92 Å². The molecule has 0 aromatic carbocycles. The maximum atomic E-state index is 5.05. The number of nitrogens with zero attached hydrogens (tertiary/aromatic N) is 2. The summed E-state index contributed by atoms with van der Waals surface area (Å²) in [7, 11) is 1.70. The third kappa shape index (κ3) is 3.32. The molecule has 0 amide bonds. The Labute approximate surface area is 109 Å². The van der Waals surface area contributed by atoms with Crippen LogP contribution in [0.5, 0.6) is 0 Å². The molecule has 0 spiro atoms. The van der Waals surface area contributed by atoms with Gasteiger partial charge in [0.1, 0.15) is 16.1 Å². The lowest BCUT2D eigenvalue weighted by atomic mass is 10.3. The van der Waals surface area contributed by atoms with Crippen LogP contribution in [0.3, 0.4) is 0 Å². The Morgan fingerprint density at radius 2 is 2.29 bits per heavy atom. The van der Waals surface area contributed by atoms with Gasteiger partial charge in [0.05, 0.1) is 6.61 Å². The fourth-order valence-electron chi connectivity index (χ4n) is 1.47. The summed E-state index contributed by atoms with van der Waals surface area (Å²) >= 11 is 3.31. The van der Waals surface area contributed by atoms with Gasteiger partial charge in [-0.05, 0) is 6.92 Å². The van der Waals surface area contributed by atoms with Crippen LogP contribution in [0.15, 0.2) is 17.0 Å². The van der Waals surface area contributed by atoms with Gasteiger partial charge in [-0.3, -0.25) is 5.32 Å². The fourth-order valence-corrected chi connectivity index (χ4v) is 3.13. The first-order chi connectivity index (χ1) is 8.31. The van der Waals surface area contributed by atoms with Crippen molar-refractivity contribution in [3.8, 4) is 0 Å². The van der Waals surface area contributed by atoms with Gasteiger partial charge in [0, 0.05) is 36.3 Å². The van der Waals surface area contributed by atoms with Gasteiger partial charge in [-0.2, -0.15) is 0 Å². The van der Waals surface area contributed by atoms with Gasteiger partial charge in [-0.1, -0.05) is 0 Å². The zero-order valence-electron chi connectivity index (χ0n) is 9.84. The molecular formula is C11H15N3OS2. The van der Waals surface area contributed by atoms with Crippen molar-refractivity contribution < 1.29 is 4.74 Å². The number of hydrogen-bond acceptors (Lipinski definition) is 6. The first kappa shape index (κ1) is 12.6. The Balaban J connectivity index is 2.13. The minimum absolute atomic E-state index is 0.0869. The number of methoxy groups -OCH3 is 1. The topological polar surface area (TPSA) is 47.0 Å². The smallest absolute Gasteiger partial charge is 0.117 e. The molecule has 2 heterocycles. The molecule has 0 saturated heterocycles. The Hall–Kier alpha value is -0.820. The highest BCUT2D eigenvalue weighted by Crippen LogP contribution is 2.26. The van der Waals surface area contributed by atoms with Crippen molar-refractivity contribution in [2.75, 3.05) is 20.3 Å². The summed E-state index contributed by atoms with van der Waals surface area (Å²) in [5, 5.41) is 9.59. The number of rotatable bonds is 6. The molecule has 0 fully saturated rings. The van der Waals surface area contributed by atoms with Gasteiger partial charge in [0.2, 0.25) is 0 Å². The number of ether oxygens (including phenoxy) is 1. The van der Waals surface area contributed by atoms with Crippen LogP contribution in [0.25, 0.3) is 0 Å². The van der Waals surface area contributed by atoms with Crippen molar-refractivity contribution >= 4 is 22.7 Å². The normalized spacial score (nSPS) is 12.8. The quantitative estimate of drug-likeness (QED) is 0.817. The van der Waals surface area contributed by atoms with Crippen LogP contribution in [-0.2, 0) is 4.74 Å². The minimum Gasteiger partial charge on any atom is -0.383 e. The Morgan fingerprint density at radius 1 is 1.41 bits per heavy atom. The van der Waals surface area contributed by atoms with Crippen molar-refractivity contribution in [3.05, 3.63) is 32.7 Å². The van der Waals surface area contributed by atoms with Crippen molar-refractivity contribution in [1.29, 1.82) is 0 Å². The molecule has 6 heteroatoms. The third-order valence-corrected chi connectivity index (χ3v) is 4.10. The molecule has 1 atom stereocenters. The summed E-state index contributed by atoms with van der Waals surface area (Å²) in [4.78, 5) is 8.89. The standard InChI is InChI=1S/C11H15N3OS2/c1-8-7-17-11(14-8)9(12-3-5-15-2)10-13-4-6-16-10/h4,6-7,9,12H,3,5H2,1-2H3. The summed E-state index contributed by atoms with van der Waals surface area (Å²) < 4.78 is 5.05. The fraction of sp³-hybridized carbons (Fsp3) is 0.455. The van der Waals surface area contributed by atoms with E-state index in [2.05, 4.69) is 20.7 Å². The first-order valence-corrected chi connectivity index (χ1v) is 7.11. The highest BCUT2D eigenvalue weighted by molar-refractivity contribution is 7.11. The van der Waals surface area contributed by atoms with E-state index in [1.54, 1.807) is 29.8 Å². The highest BCUT2D eigenvalue weighted by atomic mass is 32.1. The van der Waals surface area contributed by atoms with Crippen LogP contribution in [0.1, 0.15) is 21.8 Å². The van der Waals surface area contributed by atoms with E-state index in [9.17, 15) is 0 Å². The molecule has 0 aliphatic rings. The summed E-state index contributed by atoms with van der Waals surface area (Å²) in [6.45, 7) is 3.49. The van der Waals surface area contributed by atoms with Gasteiger partial charge in [0.25, 0.3) is 0 Å². The van der Waals surface area contributed by atoms with E-state index < -0.39 is 0 Å². The van der Waals surface area contributed by atoms with E-state index in [1.807, 2.05) is 18.5 Å². The lowest BCUT2D eigenvalue weighted by Crippen LogP contribution is -2.25. The van der Waals surface area contributed by atoms with Gasteiger partial charge in [-0.25, -0.2) is 9.97 Å². The third-order valence-electron chi connectivity index (χ3n) is 2.24. The Kier molecular flexibility index (Phi) is 4.61. The molecule has 0 aliphatic heterocycles. The molecule has 2 aromatic heterocycles. The maximum absolute atomic E-state index is 5.05. The number of aromatic nitrogens is 2. The van der Waals surface area contributed by atoms with Crippen LogP contribution in [-0.4, -0.2) is 30.2 Å².